The molecule has 0 fully saturated rings. The van der Waals surface area contributed by atoms with Gasteiger partial charge in [-0.05, 0) is 49.1 Å². The molecule has 1 N–H and O–H groups in total. The van der Waals surface area contributed by atoms with E-state index in [9.17, 15) is 18.0 Å². The Morgan fingerprint density at radius 3 is 2.32 bits per heavy atom. The molecule has 0 saturated carbocycles. The quantitative estimate of drug-likeness (QED) is 0.437. The summed E-state index contributed by atoms with van der Waals surface area (Å²) in [4.78, 5) is 28.1. The van der Waals surface area contributed by atoms with Crippen molar-refractivity contribution in [1.29, 1.82) is 0 Å². The van der Waals surface area contributed by atoms with Gasteiger partial charge in [0.15, 0.2) is 0 Å². The van der Waals surface area contributed by atoms with Gasteiger partial charge in [-0.1, -0.05) is 62.2 Å². The number of aryl methyl sites for hydroxylation is 1. The van der Waals surface area contributed by atoms with Crippen LogP contribution in [-0.2, 0) is 26.2 Å². The third-order valence-corrected chi connectivity index (χ3v) is 6.88. The second kappa shape index (κ2) is 12.8. The van der Waals surface area contributed by atoms with E-state index in [2.05, 4.69) is 5.32 Å². The van der Waals surface area contributed by atoms with Crippen molar-refractivity contribution in [3.05, 3.63) is 64.7 Å². The minimum absolute atomic E-state index is 0.191. The zero-order valence-electron chi connectivity index (χ0n) is 20.3. The lowest BCUT2D eigenvalue weighted by molar-refractivity contribution is -0.140. The van der Waals surface area contributed by atoms with E-state index < -0.39 is 28.5 Å². The first kappa shape index (κ1) is 27.7. The zero-order valence-corrected chi connectivity index (χ0v) is 21.8. The molecule has 1 unspecified atom stereocenters. The highest BCUT2D eigenvalue weighted by atomic mass is 35.5. The average Bonchev–Trinajstić information content (AvgIpc) is 2.78. The van der Waals surface area contributed by atoms with Gasteiger partial charge in [-0.3, -0.25) is 13.9 Å². The summed E-state index contributed by atoms with van der Waals surface area (Å²) in [6.07, 6.45) is 3.24. The Bertz CT molecular complexity index is 1080. The van der Waals surface area contributed by atoms with E-state index in [1.54, 1.807) is 25.1 Å². The van der Waals surface area contributed by atoms with Crippen LogP contribution in [0.4, 0.5) is 5.69 Å². The number of rotatable bonds is 12. The maximum absolute atomic E-state index is 13.6. The van der Waals surface area contributed by atoms with Crippen molar-refractivity contribution in [3.8, 4) is 0 Å². The summed E-state index contributed by atoms with van der Waals surface area (Å²) >= 11 is 6.04. The Labute approximate surface area is 208 Å². The molecule has 0 aromatic heterocycles. The fourth-order valence-electron chi connectivity index (χ4n) is 3.70. The predicted octanol–water partition coefficient (Wildman–Crippen LogP) is 4.14. The number of anilines is 1. The van der Waals surface area contributed by atoms with Gasteiger partial charge in [-0.2, -0.15) is 0 Å². The van der Waals surface area contributed by atoms with E-state index in [4.69, 9.17) is 11.6 Å². The van der Waals surface area contributed by atoms with Crippen LogP contribution >= 0.6 is 11.6 Å². The Morgan fingerprint density at radius 2 is 1.76 bits per heavy atom. The molecule has 1 atom stereocenters. The van der Waals surface area contributed by atoms with E-state index >= 15 is 0 Å². The SMILES string of the molecule is CCCCNC(=O)C(CC)N(Cc1ccccc1)C(=O)CN(c1ccc(Cl)cc1C)S(C)(=O)=O. The molecule has 0 saturated heterocycles. The maximum atomic E-state index is 13.6. The number of benzene rings is 2. The summed E-state index contributed by atoms with van der Waals surface area (Å²) < 4.78 is 26.4. The van der Waals surface area contributed by atoms with Gasteiger partial charge < -0.3 is 10.2 Å². The Balaban J connectivity index is 2.40. The molecular formula is C25H34ClN3O4S. The monoisotopic (exact) mass is 507 g/mol. The molecular weight excluding hydrogens is 474 g/mol. The summed E-state index contributed by atoms with van der Waals surface area (Å²) in [7, 11) is -3.78. The van der Waals surface area contributed by atoms with Crippen LogP contribution < -0.4 is 9.62 Å². The molecule has 2 aromatic carbocycles. The lowest BCUT2D eigenvalue weighted by Crippen LogP contribution is -2.52. The number of hydrogen-bond donors (Lipinski definition) is 1. The molecule has 0 heterocycles. The molecule has 34 heavy (non-hydrogen) atoms. The van der Waals surface area contributed by atoms with Gasteiger partial charge in [0.2, 0.25) is 21.8 Å². The number of unbranched alkanes of at least 4 members (excludes halogenated alkanes) is 1. The second-order valence-electron chi connectivity index (χ2n) is 8.28. The number of carbonyl (C=O) groups is 2. The van der Waals surface area contributed by atoms with Gasteiger partial charge >= 0.3 is 0 Å². The van der Waals surface area contributed by atoms with Gasteiger partial charge in [0.05, 0.1) is 11.9 Å². The van der Waals surface area contributed by atoms with Crippen molar-refractivity contribution in [1.82, 2.24) is 10.2 Å². The number of halogens is 1. The number of hydrogen-bond acceptors (Lipinski definition) is 4. The van der Waals surface area contributed by atoms with Gasteiger partial charge in [0.1, 0.15) is 12.6 Å². The van der Waals surface area contributed by atoms with Gasteiger partial charge in [0.25, 0.3) is 0 Å². The number of nitrogens with zero attached hydrogens (tertiary/aromatic N) is 2. The lowest BCUT2D eigenvalue weighted by Gasteiger charge is -2.33. The first-order valence-corrected chi connectivity index (χ1v) is 13.7. The fourth-order valence-corrected chi connectivity index (χ4v) is 4.83. The topological polar surface area (TPSA) is 86.8 Å². The number of carbonyl (C=O) groups excluding carboxylic acids is 2. The van der Waals surface area contributed by atoms with Crippen LogP contribution in [0.25, 0.3) is 0 Å². The molecule has 0 spiro atoms. The molecule has 186 valence electrons. The van der Waals surface area contributed by atoms with E-state index in [1.165, 1.54) is 4.90 Å². The highest BCUT2D eigenvalue weighted by molar-refractivity contribution is 7.92. The van der Waals surface area contributed by atoms with Gasteiger partial charge in [0, 0.05) is 18.1 Å². The predicted molar refractivity (Wildman–Crippen MR) is 137 cm³/mol. The third kappa shape index (κ3) is 7.74. The summed E-state index contributed by atoms with van der Waals surface area (Å²) in [5.41, 5.74) is 1.86. The lowest BCUT2D eigenvalue weighted by atomic mass is 10.1. The van der Waals surface area contributed by atoms with E-state index in [0.717, 1.165) is 29.0 Å². The van der Waals surface area contributed by atoms with Crippen molar-refractivity contribution in [2.24, 2.45) is 0 Å². The van der Waals surface area contributed by atoms with Crippen LogP contribution in [0.15, 0.2) is 48.5 Å². The highest BCUT2D eigenvalue weighted by Gasteiger charge is 2.32. The van der Waals surface area contributed by atoms with Crippen molar-refractivity contribution >= 4 is 39.1 Å². The largest absolute Gasteiger partial charge is 0.354 e. The Morgan fingerprint density at radius 1 is 1.09 bits per heavy atom. The zero-order chi connectivity index (χ0) is 25.3. The molecule has 0 aliphatic rings. The number of nitrogens with one attached hydrogen (secondary N) is 1. The minimum atomic E-state index is -3.78. The third-order valence-electron chi connectivity index (χ3n) is 5.52. The number of sulfonamides is 1. The summed E-state index contributed by atoms with van der Waals surface area (Å²) in [5.74, 6) is -0.699. The molecule has 0 bridgehead atoms. The van der Waals surface area contributed by atoms with Gasteiger partial charge in [-0.25, -0.2) is 8.42 Å². The maximum Gasteiger partial charge on any atom is 0.244 e. The molecule has 0 aliphatic carbocycles. The molecule has 0 radical (unpaired) electrons. The van der Waals surface area contributed by atoms with E-state index in [1.807, 2.05) is 44.2 Å². The molecule has 2 aromatic rings. The summed E-state index contributed by atoms with van der Waals surface area (Å²) in [6, 6.07) is 13.4. The van der Waals surface area contributed by atoms with Crippen molar-refractivity contribution in [3.63, 3.8) is 0 Å². The fraction of sp³-hybridized carbons (Fsp3) is 0.440. The van der Waals surface area contributed by atoms with E-state index in [-0.39, 0.29) is 12.5 Å². The Kier molecular flexibility index (Phi) is 10.4. The van der Waals surface area contributed by atoms with Gasteiger partial charge in [-0.15, -0.1) is 0 Å². The molecule has 2 rings (SSSR count). The first-order valence-electron chi connectivity index (χ1n) is 11.4. The van der Waals surface area contributed by atoms with E-state index in [0.29, 0.717) is 29.2 Å². The van der Waals surface area contributed by atoms with Crippen LogP contribution in [0.1, 0.15) is 44.2 Å². The number of amides is 2. The highest BCUT2D eigenvalue weighted by Crippen LogP contribution is 2.26. The normalized spacial score (nSPS) is 12.1. The minimum Gasteiger partial charge on any atom is -0.354 e. The summed E-state index contributed by atoms with van der Waals surface area (Å²) in [5, 5.41) is 3.38. The van der Waals surface area contributed by atoms with Crippen LogP contribution in [0.5, 0.6) is 0 Å². The summed E-state index contributed by atoms with van der Waals surface area (Å²) in [6.45, 7) is 5.91. The molecule has 9 heteroatoms. The standard InChI is InChI=1S/C25H34ClN3O4S/c1-5-7-15-27-25(31)22(6-2)28(17-20-11-9-8-10-12-20)24(30)18-29(34(4,32)33)23-14-13-21(26)16-19(23)3/h8-14,16,22H,5-7,15,17-18H2,1-4H3,(H,27,31). The van der Waals surface area contributed by atoms with Crippen molar-refractivity contribution < 1.29 is 18.0 Å². The molecule has 2 amide bonds. The Hall–Kier alpha value is -2.58. The second-order valence-corrected chi connectivity index (χ2v) is 10.6. The molecule has 7 nitrogen and oxygen atoms in total. The van der Waals surface area contributed by atoms with Crippen LogP contribution in [-0.4, -0.2) is 50.5 Å². The first-order chi connectivity index (χ1) is 16.1. The average molecular weight is 508 g/mol. The van der Waals surface area contributed by atoms with Crippen molar-refractivity contribution in [2.75, 3.05) is 23.7 Å². The van der Waals surface area contributed by atoms with Crippen LogP contribution in [0.3, 0.4) is 0 Å². The molecule has 0 aliphatic heterocycles. The smallest absolute Gasteiger partial charge is 0.244 e. The van der Waals surface area contributed by atoms with Crippen LogP contribution in [0.2, 0.25) is 5.02 Å². The van der Waals surface area contributed by atoms with Crippen LogP contribution in [0, 0.1) is 6.92 Å². The van der Waals surface area contributed by atoms with Crippen molar-refractivity contribution in [2.45, 2.75) is 52.6 Å².